The number of likely N-dealkylation sites (tertiary alicyclic amines) is 1. The van der Waals surface area contributed by atoms with Gasteiger partial charge in [-0.1, -0.05) is 12.5 Å². The highest BCUT2D eigenvalue weighted by Crippen LogP contribution is 2.47. The fourth-order valence-electron chi connectivity index (χ4n) is 7.49. The van der Waals surface area contributed by atoms with E-state index in [1.54, 1.807) is 14.2 Å². The number of fused-ring (bicyclic) bond motifs is 2. The van der Waals surface area contributed by atoms with Gasteiger partial charge in [0.25, 0.3) is 0 Å². The zero-order valence-corrected chi connectivity index (χ0v) is 21.8. The predicted molar refractivity (Wildman–Crippen MR) is 133 cm³/mol. The first-order valence-electron chi connectivity index (χ1n) is 13.0. The van der Waals surface area contributed by atoms with E-state index in [1.807, 2.05) is 18.7 Å². The molecule has 4 heterocycles. The first-order valence-corrected chi connectivity index (χ1v) is 13.0. The van der Waals surface area contributed by atoms with Crippen LogP contribution in [0.3, 0.4) is 0 Å². The third kappa shape index (κ3) is 4.39. The normalized spacial score (nSPS) is 33.8. The molecule has 0 saturated carbocycles. The summed E-state index contributed by atoms with van der Waals surface area (Å²) in [7, 11) is 3.47. The minimum absolute atomic E-state index is 0.0590. The summed E-state index contributed by atoms with van der Waals surface area (Å²) in [6, 6.07) is 6.44. The number of ether oxygens (including phenoxy) is 2. The van der Waals surface area contributed by atoms with E-state index in [2.05, 4.69) is 28.0 Å². The van der Waals surface area contributed by atoms with Crippen molar-refractivity contribution in [2.75, 3.05) is 66.9 Å². The Morgan fingerprint density at radius 1 is 1.00 bits per heavy atom. The van der Waals surface area contributed by atoms with Gasteiger partial charge in [-0.25, -0.2) is 4.90 Å². The van der Waals surface area contributed by atoms with Crippen LogP contribution in [0.1, 0.15) is 44.2 Å². The molecule has 3 atom stereocenters. The molecule has 1 aromatic rings. The molecule has 5 rings (SSSR count). The molecule has 8 nitrogen and oxygen atoms in total. The van der Waals surface area contributed by atoms with Crippen LogP contribution in [0.5, 0.6) is 5.75 Å². The number of rotatable bonds is 7. The largest absolute Gasteiger partial charge is 0.496 e. The van der Waals surface area contributed by atoms with Crippen molar-refractivity contribution in [3.8, 4) is 5.75 Å². The molecule has 8 heteroatoms. The van der Waals surface area contributed by atoms with Crippen LogP contribution in [0.15, 0.2) is 18.2 Å². The van der Waals surface area contributed by atoms with Gasteiger partial charge in [-0.2, -0.15) is 0 Å². The van der Waals surface area contributed by atoms with Crippen molar-refractivity contribution in [3.05, 3.63) is 29.3 Å². The van der Waals surface area contributed by atoms with Gasteiger partial charge in [-0.05, 0) is 57.5 Å². The van der Waals surface area contributed by atoms with Crippen molar-refractivity contribution in [1.82, 2.24) is 14.7 Å². The van der Waals surface area contributed by atoms with Crippen LogP contribution in [-0.4, -0.2) is 103 Å². The van der Waals surface area contributed by atoms with Gasteiger partial charge in [0.15, 0.2) is 12.5 Å². The zero-order valence-electron chi connectivity index (χ0n) is 21.8. The topological polar surface area (TPSA) is 62.3 Å². The number of piperidine rings is 2. The molecule has 0 spiro atoms. The molecule has 3 bridgehead atoms. The average molecular weight is 486 g/mol. The van der Waals surface area contributed by atoms with Crippen LogP contribution >= 0.6 is 0 Å². The maximum atomic E-state index is 13.5. The molecule has 4 aliphatic heterocycles. The summed E-state index contributed by atoms with van der Waals surface area (Å²) in [6.45, 7) is 11.2. The first kappa shape index (κ1) is 24.7. The second-order valence-electron chi connectivity index (χ2n) is 11.8. The fourth-order valence-corrected chi connectivity index (χ4v) is 7.49. The van der Waals surface area contributed by atoms with E-state index in [1.165, 1.54) is 30.4 Å². The van der Waals surface area contributed by atoms with E-state index in [0.717, 1.165) is 25.4 Å². The molecule has 0 aromatic heterocycles. The maximum Gasteiger partial charge on any atom is 0.238 e. The minimum Gasteiger partial charge on any atom is -0.496 e. The van der Waals surface area contributed by atoms with E-state index < -0.39 is 11.0 Å². The zero-order chi connectivity index (χ0) is 24.8. The van der Waals surface area contributed by atoms with E-state index >= 15 is 0 Å². The highest BCUT2D eigenvalue weighted by Gasteiger charge is 2.68. The number of hydrogen-bond donors (Lipinski definition) is 0. The third-order valence-corrected chi connectivity index (χ3v) is 8.62. The van der Waals surface area contributed by atoms with Crippen molar-refractivity contribution in [1.29, 1.82) is 0 Å². The second kappa shape index (κ2) is 9.14. The number of carbonyl (C=O) groups is 2. The van der Waals surface area contributed by atoms with Crippen molar-refractivity contribution in [3.63, 3.8) is 0 Å². The summed E-state index contributed by atoms with van der Waals surface area (Å²) < 4.78 is 12.1. The predicted octanol–water partition coefficient (Wildman–Crippen LogP) is 2.06. The number of methoxy groups -OCH3 is 2. The summed E-state index contributed by atoms with van der Waals surface area (Å²) in [6.07, 6.45) is 3.83. The molecule has 192 valence electrons. The van der Waals surface area contributed by atoms with Crippen molar-refractivity contribution in [2.24, 2.45) is 5.41 Å². The first-order chi connectivity index (χ1) is 16.7. The molecule has 0 radical (unpaired) electrons. The van der Waals surface area contributed by atoms with Gasteiger partial charge in [0.2, 0.25) is 5.91 Å². The Morgan fingerprint density at radius 3 is 2.49 bits per heavy atom. The molecule has 3 unspecified atom stereocenters. The second-order valence-corrected chi connectivity index (χ2v) is 11.8. The number of amides is 1. The molecule has 35 heavy (non-hydrogen) atoms. The number of nitrogens with zero attached hydrogens (tertiary/aromatic N) is 4. The monoisotopic (exact) mass is 485 g/mol. The van der Waals surface area contributed by atoms with E-state index in [9.17, 15) is 9.59 Å². The number of ketones is 1. The fraction of sp³-hybridized carbons (Fsp3) is 0.704. The van der Waals surface area contributed by atoms with Crippen LogP contribution in [0.2, 0.25) is 0 Å². The Hall–Kier alpha value is -2.00. The van der Waals surface area contributed by atoms with E-state index in [4.69, 9.17) is 9.47 Å². The van der Waals surface area contributed by atoms with Crippen LogP contribution in [-0.2, 0) is 27.4 Å². The van der Waals surface area contributed by atoms with Crippen LogP contribution in [0, 0.1) is 5.41 Å². The van der Waals surface area contributed by atoms with Gasteiger partial charge in [-0.3, -0.25) is 19.0 Å². The summed E-state index contributed by atoms with van der Waals surface area (Å²) in [5.74, 6) is 1.20. The lowest BCUT2D eigenvalue weighted by atomic mass is 9.76. The Kier molecular flexibility index (Phi) is 6.45. The number of carbonyl (C=O) groups excluding carboxylic acids is 2. The van der Waals surface area contributed by atoms with Crippen LogP contribution in [0.25, 0.3) is 0 Å². The summed E-state index contributed by atoms with van der Waals surface area (Å²) in [5, 5.41) is 0. The van der Waals surface area contributed by atoms with Gasteiger partial charge in [0.1, 0.15) is 24.5 Å². The summed E-state index contributed by atoms with van der Waals surface area (Å²) >= 11 is 0. The van der Waals surface area contributed by atoms with Gasteiger partial charge < -0.3 is 14.4 Å². The maximum absolute atomic E-state index is 13.5. The lowest BCUT2D eigenvalue weighted by Gasteiger charge is -2.51. The van der Waals surface area contributed by atoms with Gasteiger partial charge in [0, 0.05) is 32.3 Å². The Labute approximate surface area is 209 Å². The van der Waals surface area contributed by atoms with Crippen molar-refractivity contribution in [2.45, 2.75) is 51.7 Å². The number of benzene rings is 1. The molecule has 0 aliphatic carbocycles. The number of Topliss-reactive ketones (excluding diaryl/α,β-unsaturated/α-hetero) is 1. The third-order valence-electron chi connectivity index (χ3n) is 8.62. The highest BCUT2D eigenvalue weighted by atomic mass is 16.5. The van der Waals surface area contributed by atoms with Crippen molar-refractivity contribution >= 4 is 11.7 Å². The molecule has 4 fully saturated rings. The Morgan fingerprint density at radius 2 is 1.77 bits per heavy atom. The highest BCUT2D eigenvalue weighted by molar-refractivity contribution is 6.01. The quantitative estimate of drug-likeness (QED) is 0.551. The molecular formula is C27H41N4O4+. The van der Waals surface area contributed by atoms with Crippen LogP contribution in [0.4, 0.5) is 0 Å². The van der Waals surface area contributed by atoms with Gasteiger partial charge >= 0.3 is 0 Å². The average Bonchev–Trinajstić information content (AvgIpc) is 2.95. The number of hydrogen-bond acceptors (Lipinski definition) is 6. The van der Waals surface area contributed by atoms with Crippen molar-refractivity contribution < 1.29 is 23.5 Å². The summed E-state index contributed by atoms with van der Waals surface area (Å²) in [5.41, 5.74) is 1.14. The smallest absolute Gasteiger partial charge is 0.238 e. The van der Waals surface area contributed by atoms with E-state index in [0.29, 0.717) is 50.6 Å². The minimum atomic E-state index is -0.740. The summed E-state index contributed by atoms with van der Waals surface area (Å²) in [4.78, 5) is 33.4. The lowest BCUT2D eigenvalue weighted by Crippen LogP contribution is -2.72. The SMILES string of the molecule is COC[N+]12CN(Cc3ccc(OC)c(CN4CCCCC4)c3)CC(=O)N3CC(C)(C1)C(=O)C3(C)C2. The molecule has 1 aromatic carbocycles. The van der Waals surface area contributed by atoms with Gasteiger partial charge in [-0.15, -0.1) is 0 Å². The Bertz CT molecular complexity index is 995. The lowest BCUT2D eigenvalue weighted by molar-refractivity contribution is -0.962. The molecule has 0 N–H and O–H groups in total. The Balaban J connectivity index is 1.40. The standard InChI is InChI=1S/C27H41N4O4/c1-26-16-30-24(32)15-29(19-31(17-26,20-34-3)18-27(30,2)25(26)33)13-21-8-9-23(35-4)22(12-21)14-28-10-6-5-7-11-28/h8-9,12H,5-7,10-11,13-20H2,1-4H3/q+1. The number of quaternary nitrogens is 1. The molecular weight excluding hydrogens is 444 g/mol. The molecule has 4 saturated heterocycles. The molecule has 4 aliphatic rings. The molecule has 1 amide bonds. The van der Waals surface area contributed by atoms with Gasteiger partial charge in [0.05, 0.1) is 25.6 Å². The van der Waals surface area contributed by atoms with E-state index in [-0.39, 0.29) is 11.7 Å². The van der Waals surface area contributed by atoms with Crippen LogP contribution < -0.4 is 4.74 Å².